The van der Waals surface area contributed by atoms with E-state index >= 15 is 0 Å². The number of rotatable bonds is 6. The maximum absolute atomic E-state index is 12.5. The Morgan fingerprint density at radius 3 is 2.52 bits per heavy atom. The average Bonchev–Trinajstić information content (AvgIpc) is 2.55. The summed E-state index contributed by atoms with van der Waals surface area (Å²) in [5.74, 6) is -2.77. The molecule has 0 saturated carbocycles. The zero-order valence-electron chi connectivity index (χ0n) is 12.1. The highest BCUT2D eigenvalue weighted by molar-refractivity contribution is 7.99. The molecule has 1 amide bonds. The summed E-state index contributed by atoms with van der Waals surface area (Å²) in [6, 6.07) is 15.5. The number of hydrogen-bond donors (Lipinski definition) is 1. The van der Waals surface area contributed by atoms with Gasteiger partial charge in [0.1, 0.15) is 0 Å². The first-order valence-corrected chi connectivity index (χ1v) is 7.79. The number of aryl methyl sites for hydroxylation is 1. The van der Waals surface area contributed by atoms with Gasteiger partial charge in [-0.2, -0.15) is 14.0 Å². The lowest BCUT2D eigenvalue weighted by molar-refractivity contribution is -0.116. The van der Waals surface area contributed by atoms with Gasteiger partial charge in [-0.1, -0.05) is 36.0 Å². The van der Waals surface area contributed by atoms with Gasteiger partial charge in [-0.3, -0.25) is 4.79 Å². The second-order valence-electron chi connectivity index (χ2n) is 4.73. The van der Waals surface area contributed by atoms with Gasteiger partial charge in [0, 0.05) is 11.3 Å². The molecule has 0 aliphatic heterocycles. The lowest BCUT2D eigenvalue weighted by atomic mass is 10.1. The van der Waals surface area contributed by atoms with Gasteiger partial charge in [-0.25, -0.2) is 0 Å². The zero-order chi connectivity index (χ0) is 16.7. The van der Waals surface area contributed by atoms with E-state index in [0.717, 1.165) is 5.56 Å². The van der Waals surface area contributed by atoms with Gasteiger partial charge in [0.05, 0.1) is 17.3 Å². The predicted octanol–water partition coefficient (Wildman–Crippen LogP) is 4.44. The molecule has 2 aromatic carbocycles. The summed E-state index contributed by atoms with van der Waals surface area (Å²) in [6.45, 7) is 0. The Kier molecular flexibility index (Phi) is 6.12. The van der Waals surface area contributed by atoms with E-state index in [1.807, 2.05) is 6.07 Å². The lowest BCUT2D eigenvalue weighted by Gasteiger charge is -2.10. The number of hydrogen-bond acceptors (Lipinski definition) is 3. The molecule has 0 spiro atoms. The van der Waals surface area contributed by atoms with Crippen molar-refractivity contribution in [2.45, 2.75) is 23.5 Å². The summed E-state index contributed by atoms with van der Waals surface area (Å²) < 4.78 is 25.0. The minimum atomic E-state index is -2.54. The third-order valence-corrected chi connectivity index (χ3v) is 3.89. The first-order chi connectivity index (χ1) is 11.1. The normalized spacial score (nSPS) is 10.3. The Balaban J connectivity index is 1.93. The summed E-state index contributed by atoms with van der Waals surface area (Å²) in [4.78, 5) is 12.3. The molecule has 2 rings (SSSR count). The Morgan fingerprint density at radius 1 is 1.17 bits per heavy atom. The molecule has 0 fully saturated rings. The monoisotopic (exact) mass is 332 g/mol. The molecule has 0 saturated heterocycles. The van der Waals surface area contributed by atoms with Crippen molar-refractivity contribution in [1.29, 1.82) is 5.26 Å². The SMILES string of the molecule is N#Cc1ccc(CCC(=O)Nc2ccccc2SC(F)F)cc1. The van der Waals surface area contributed by atoms with E-state index in [9.17, 15) is 13.6 Å². The molecule has 0 unspecified atom stereocenters. The number of thioether (sulfide) groups is 1. The molecule has 0 bridgehead atoms. The fourth-order valence-electron chi connectivity index (χ4n) is 1.99. The van der Waals surface area contributed by atoms with E-state index in [2.05, 4.69) is 5.32 Å². The van der Waals surface area contributed by atoms with Gasteiger partial charge in [-0.15, -0.1) is 0 Å². The van der Waals surface area contributed by atoms with Crippen LogP contribution in [-0.4, -0.2) is 11.7 Å². The number of nitriles is 1. The fraction of sp³-hybridized carbons (Fsp3) is 0.176. The van der Waals surface area contributed by atoms with Gasteiger partial charge in [-0.05, 0) is 36.2 Å². The molecular formula is C17H14F2N2OS. The number of carbonyl (C=O) groups excluding carboxylic acids is 1. The molecule has 0 heterocycles. The lowest BCUT2D eigenvalue weighted by Crippen LogP contribution is -2.13. The largest absolute Gasteiger partial charge is 0.325 e. The maximum Gasteiger partial charge on any atom is 0.288 e. The molecule has 23 heavy (non-hydrogen) atoms. The van der Waals surface area contributed by atoms with Crippen molar-refractivity contribution in [3.63, 3.8) is 0 Å². The smallest absolute Gasteiger partial charge is 0.288 e. The summed E-state index contributed by atoms with van der Waals surface area (Å²) in [5, 5.41) is 11.4. The Hall–Kier alpha value is -2.39. The molecule has 3 nitrogen and oxygen atoms in total. The van der Waals surface area contributed by atoms with Crippen LogP contribution in [0.4, 0.5) is 14.5 Å². The summed E-state index contributed by atoms with van der Waals surface area (Å²) in [7, 11) is 0. The number of amides is 1. The third-order valence-electron chi connectivity index (χ3n) is 3.10. The summed E-state index contributed by atoms with van der Waals surface area (Å²) in [5.41, 5.74) is 1.90. The molecule has 0 radical (unpaired) electrons. The highest BCUT2D eigenvalue weighted by Crippen LogP contribution is 2.31. The quantitative estimate of drug-likeness (QED) is 0.796. The van der Waals surface area contributed by atoms with E-state index in [-0.39, 0.29) is 12.3 Å². The number of carbonyl (C=O) groups is 1. The van der Waals surface area contributed by atoms with Crippen LogP contribution >= 0.6 is 11.8 Å². The van der Waals surface area contributed by atoms with Crippen molar-refractivity contribution in [3.8, 4) is 6.07 Å². The minimum absolute atomic E-state index is 0.236. The Bertz CT molecular complexity index is 711. The number of anilines is 1. The molecule has 6 heteroatoms. The van der Waals surface area contributed by atoms with E-state index < -0.39 is 5.76 Å². The van der Waals surface area contributed by atoms with Crippen LogP contribution in [0.1, 0.15) is 17.5 Å². The maximum atomic E-state index is 12.5. The van der Waals surface area contributed by atoms with Crippen molar-refractivity contribution in [3.05, 3.63) is 59.7 Å². The molecule has 2 aromatic rings. The molecule has 0 aliphatic carbocycles. The zero-order valence-corrected chi connectivity index (χ0v) is 12.9. The molecule has 1 N–H and O–H groups in total. The fourth-order valence-corrected chi connectivity index (χ4v) is 2.58. The van der Waals surface area contributed by atoms with E-state index in [0.29, 0.717) is 34.3 Å². The third kappa shape index (κ3) is 5.38. The van der Waals surface area contributed by atoms with Crippen LogP contribution in [0.15, 0.2) is 53.4 Å². The molecule has 0 aliphatic rings. The predicted molar refractivity (Wildman–Crippen MR) is 86.4 cm³/mol. The average molecular weight is 332 g/mol. The van der Waals surface area contributed by atoms with E-state index in [1.165, 1.54) is 0 Å². The summed E-state index contributed by atoms with van der Waals surface area (Å²) >= 11 is 0.407. The number of benzene rings is 2. The second kappa shape index (κ2) is 8.30. The van der Waals surface area contributed by atoms with Gasteiger partial charge < -0.3 is 5.32 Å². The van der Waals surface area contributed by atoms with E-state index in [1.54, 1.807) is 48.5 Å². The van der Waals surface area contributed by atoms with Crippen LogP contribution in [0, 0.1) is 11.3 Å². The van der Waals surface area contributed by atoms with Crippen molar-refractivity contribution in [2.75, 3.05) is 5.32 Å². The highest BCUT2D eigenvalue weighted by Gasteiger charge is 2.11. The second-order valence-corrected chi connectivity index (χ2v) is 5.76. The van der Waals surface area contributed by atoms with Gasteiger partial charge in [0.15, 0.2) is 0 Å². The van der Waals surface area contributed by atoms with Gasteiger partial charge in [0.25, 0.3) is 5.76 Å². The first-order valence-electron chi connectivity index (χ1n) is 6.91. The number of nitrogens with zero attached hydrogens (tertiary/aromatic N) is 1. The Morgan fingerprint density at radius 2 is 1.87 bits per heavy atom. The van der Waals surface area contributed by atoms with Crippen LogP contribution in [0.3, 0.4) is 0 Å². The number of halogens is 2. The summed E-state index contributed by atoms with van der Waals surface area (Å²) in [6.07, 6.45) is 0.751. The van der Waals surface area contributed by atoms with E-state index in [4.69, 9.17) is 5.26 Å². The topological polar surface area (TPSA) is 52.9 Å². The van der Waals surface area contributed by atoms with Gasteiger partial charge in [0.2, 0.25) is 5.91 Å². The Labute approximate surface area is 137 Å². The molecular weight excluding hydrogens is 318 g/mol. The standard InChI is InChI=1S/C17H14F2N2OS/c18-17(19)23-15-4-2-1-3-14(15)21-16(22)10-9-12-5-7-13(11-20)8-6-12/h1-8,17H,9-10H2,(H,21,22). The van der Waals surface area contributed by atoms with Crippen molar-refractivity contribution < 1.29 is 13.6 Å². The van der Waals surface area contributed by atoms with Crippen molar-refractivity contribution in [2.24, 2.45) is 0 Å². The molecule has 0 atom stereocenters. The van der Waals surface area contributed by atoms with Crippen LogP contribution < -0.4 is 5.32 Å². The van der Waals surface area contributed by atoms with Crippen molar-refractivity contribution >= 4 is 23.4 Å². The minimum Gasteiger partial charge on any atom is -0.325 e. The number of para-hydroxylation sites is 1. The van der Waals surface area contributed by atoms with Crippen LogP contribution in [0.2, 0.25) is 0 Å². The first kappa shape index (κ1) is 17.0. The number of nitrogens with one attached hydrogen (secondary N) is 1. The highest BCUT2D eigenvalue weighted by atomic mass is 32.2. The van der Waals surface area contributed by atoms with Crippen LogP contribution in [-0.2, 0) is 11.2 Å². The molecule has 118 valence electrons. The van der Waals surface area contributed by atoms with Crippen LogP contribution in [0.5, 0.6) is 0 Å². The molecule has 0 aromatic heterocycles. The van der Waals surface area contributed by atoms with Crippen LogP contribution in [0.25, 0.3) is 0 Å². The van der Waals surface area contributed by atoms with Gasteiger partial charge >= 0.3 is 0 Å². The van der Waals surface area contributed by atoms with Crippen molar-refractivity contribution in [1.82, 2.24) is 0 Å². The number of alkyl halides is 2.